The number of nitrogens with two attached hydrogens (primary N) is 1. The lowest BCUT2D eigenvalue weighted by atomic mass is 10.2. The van der Waals surface area contributed by atoms with Crippen molar-refractivity contribution < 1.29 is 4.42 Å². The fraction of sp³-hybridized carbons (Fsp3) is 0. The van der Waals surface area contributed by atoms with E-state index in [0.29, 0.717) is 5.82 Å². The summed E-state index contributed by atoms with van der Waals surface area (Å²) in [5, 5.41) is 0. The Balaban J connectivity index is 2.48. The van der Waals surface area contributed by atoms with Crippen molar-refractivity contribution in [2.75, 3.05) is 5.73 Å². The van der Waals surface area contributed by atoms with Crippen LogP contribution in [0.25, 0.3) is 11.3 Å². The minimum atomic E-state index is 0.522. The van der Waals surface area contributed by atoms with Crippen molar-refractivity contribution in [1.29, 1.82) is 0 Å². The van der Waals surface area contributed by atoms with Gasteiger partial charge in [0.05, 0.1) is 18.2 Å². The molecule has 2 aromatic heterocycles. The first kappa shape index (κ1) is 6.91. The summed E-state index contributed by atoms with van der Waals surface area (Å²) in [4.78, 5) is 4.13. The van der Waals surface area contributed by atoms with Crippen LogP contribution in [-0.2, 0) is 0 Å². The Bertz CT molecular complexity index is 368. The van der Waals surface area contributed by atoms with E-state index < -0.39 is 0 Å². The average molecular weight is 160 g/mol. The molecule has 0 bridgehead atoms. The summed E-state index contributed by atoms with van der Waals surface area (Å²) in [7, 11) is 0. The average Bonchev–Trinajstić information content (AvgIpc) is 2.56. The maximum Gasteiger partial charge on any atom is 0.124 e. The Morgan fingerprint density at radius 2 is 2.17 bits per heavy atom. The van der Waals surface area contributed by atoms with Gasteiger partial charge in [-0.05, 0) is 18.2 Å². The molecule has 0 spiro atoms. The summed E-state index contributed by atoms with van der Waals surface area (Å²) >= 11 is 0. The first-order valence-electron chi connectivity index (χ1n) is 3.61. The molecule has 2 rings (SSSR count). The maximum absolute atomic E-state index is 5.52. The highest BCUT2D eigenvalue weighted by Gasteiger charge is 1.99. The highest BCUT2D eigenvalue weighted by Crippen LogP contribution is 2.17. The van der Waals surface area contributed by atoms with Crippen molar-refractivity contribution >= 4 is 5.82 Å². The fourth-order valence-electron chi connectivity index (χ4n) is 1.02. The van der Waals surface area contributed by atoms with Crippen molar-refractivity contribution in [1.82, 2.24) is 4.98 Å². The number of nitrogen functional groups attached to an aromatic ring is 1. The number of pyridine rings is 1. The summed E-state index contributed by atoms with van der Waals surface area (Å²) in [6.07, 6.45) is 3.25. The normalized spacial score (nSPS) is 10.0. The molecule has 0 fully saturated rings. The van der Waals surface area contributed by atoms with Crippen LogP contribution in [0.3, 0.4) is 0 Å². The highest BCUT2D eigenvalue weighted by molar-refractivity contribution is 5.58. The van der Waals surface area contributed by atoms with Crippen LogP contribution in [0.5, 0.6) is 0 Å². The smallest absolute Gasteiger partial charge is 0.124 e. The topological polar surface area (TPSA) is 52.0 Å². The number of anilines is 1. The van der Waals surface area contributed by atoms with Crippen LogP contribution in [0, 0.1) is 0 Å². The maximum atomic E-state index is 5.52. The van der Waals surface area contributed by atoms with Crippen LogP contribution in [0.2, 0.25) is 0 Å². The first-order valence-corrected chi connectivity index (χ1v) is 3.61. The van der Waals surface area contributed by atoms with E-state index in [2.05, 4.69) is 4.98 Å². The van der Waals surface area contributed by atoms with E-state index in [1.165, 1.54) is 0 Å². The molecule has 0 radical (unpaired) electrons. The van der Waals surface area contributed by atoms with Gasteiger partial charge in [0.25, 0.3) is 0 Å². The second-order valence-corrected chi connectivity index (χ2v) is 2.46. The highest BCUT2D eigenvalue weighted by atomic mass is 16.3. The number of furan rings is 1. The molecule has 0 aliphatic rings. The van der Waals surface area contributed by atoms with Crippen molar-refractivity contribution in [3.05, 3.63) is 36.8 Å². The van der Waals surface area contributed by atoms with E-state index >= 15 is 0 Å². The predicted molar refractivity (Wildman–Crippen MR) is 46.4 cm³/mol. The molecule has 0 aliphatic heterocycles. The Morgan fingerprint density at radius 3 is 2.83 bits per heavy atom. The molecule has 60 valence electrons. The molecule has 2 aromatic rings. The van der Waals surface area contributed by atoms with Gasteiger partial charge in [-0.3, -0.25) is 0 Å². The summed E-state index contributed by atoms with van der Waals surface area (Å²) in [6.45, 7) is 0. The van der Waals surface area contributed by atoms with Crippen LogP contribution in [-0.4, -0.2) is 4.98 Å². The van der Waals surface area contributed by atoms with E-state index in [9.17, 15) is 0 Å². The van der Waals surface area contributed by atoms with Gasteiger partial charge in [0.15, 0.2) is 0 Å². The number of hydrogen-bond donors (Lipinski definition) is 1. The lowest BCUT2D eigenvalue weighted by molar-refractivity contribution is 0.568. The van der Waals surface area contributed by atoms with Gasteiger partial charge in [-0.2, -0.15) is 0 Å². The number of hydrogen-bond acceptors (Lipinski definition) is 3. The van der Waals surface area contributed by atoms with Crippen LogP contribution in [0.4, 0.5) is 5.82 Å². The monoisotopic (exact) mass is 160 g/mol. The quantitative estimate of drug-likeness (QED) is 0.693. The molecular weight excluding hydrogens is 152 g/mol. The molecule has 0 atom stereocenters. The van der Waals surface area contributed by atoms with E-state index in [4.69, 9.17) is 10.2 Å². The fourth-order valence-corrected chi connectivity index (χ4v) is 1.02. The second kappa shape index (κ2) is 2.70. The van der Waals surface area contributed by atoms with Gasteiger partial charge in [-0.25, -0.2) is 4.98 Å². The van der Waals surface area contributed by atoms with Crippen molar-refractivity contribution in [3.63, 3.8) is 0 Å². The molecule has 0 saturated heterocycles. The largest absolute Gasteiger partial charge is 0.472 e. The number of rotatable bonds is 1. The van der Waals surface area contributed by atoms with Crippen LogP contribution in [0.1, 0.15) is 0 Å². The second-order valence-electron chi connectivity index (χ2n) is 2.46. The van der Waals surface area contributed by atoms with Gasteiger partial charge >= 0.3 is 0 Å². The minimum Gasteiger partial charge on any atom is -0.472 e. The predicted octanol–water partition coefficient (Wildman–Crippen LogP) is 1.92. The van der Waals surface area contributed by atoms with Crippen LogP contribution >= 0.6 is 0 Å². The van der Waals surface area contributed by atoms with E-state index in [1.54, 1.807) is 18.6 Å². The molecule has 0 amide bonds. The number of aromatic nitrogens is 1. The first-order chi connectivity index (χ1) is 5.86. The van der Waals surface area contributed by atoms with E-state index in [0.717, 1.165) is 11.3 Å². The Kier molecular flexibility index (Phi) is 1.55. The standard InChI is InChI=1S/C9H8N2O/c10-9-3-1-2-8(11-9)7-4-5-12-6-7/h1-6H,(H2,10,11). The molecule has 0 aliphatic carbocycles. The molecule has 0 unspecified atom stereocenters. The summed E-state index contributed by atoms with van der Waals surface area (Å²) in [5.41, 5.74) is 7.31. The molecule has 2 heterocycles. The summed E-state index contributed by atoms with van der Waals surface area (Å²) < 4.78 is 4.93. The zero-order chi connectivity index (χ0) is 8.39. The summed E-state index contributed by atoms with van der Waals surface area (Å²) in [6, 6.07) is 7.36. The van der Waals surface area contributed by atoms with E-state index in [1.807, 2.05) is 18.2 Å². The summed E-state index contributed by atoms with van der Waals surface area (Å²) in [5.74, 6) is 0.522. The SMILES string of the molecule is Nc1cccc(-c2ccoc2)n1. The van der Waals surface area contributed by atoms with Gasteiger partial charge in [0.2, 0.25) is 0 Å². The lowest BCUT2D eigenvalue weighted by Gasteiger charge is -1.96. The van der Waals surface area contributed by atoms with Gasteiger partial charge in [0.1, 0.15) is 5.82 Å². The molecule has 2 N–H and O–H groups in total. The number of nitrogens with zero attached hydrogens (tertiary/aromatic N) is 1. The molecule has 0 saturated carbocycles. The third-order valence-electron chi connectivity index (χ3n) is 1.59. The van der Waals surface area contributed by atoms with Crippen molar-refractivity contribution in [3.8, 4) is 11.3 Å². The van der Waals surface area contributed by atoms with Crippen molar-refractivity contribution in [2.24, 2.45) is 0 Å². The lowest BCUT2D eigenvalue weighted by Crippen LogP contribution is -1.90. The Hall–Kier alpha value is -1.77. The van der Waals surface area contributed by atoms with Gasteiger partial charge in [-0.1, -0.05) is 6.07 Å². The van der Waals surface area contributed by atoms with Crippen LogP contribution in [0.15, 0.2) is 41.2 Å². The third-order valence-corrected chi connectivity index (χ3v) is 1.59. The molecule has 0 aromatic carbocycles. The zero-order valence-corrected chi connectivity index (χ0v) is 6.40. The molecular formula is C9H8N2O. The van der Waals surface area contributed by atoms with Gasteiger partial charge < -0.3 is 10.2 Å². The molecule has 12 heavy (non-hydrogen) atoms. The molecule has 3 heteroatoms. The Morgan fingerprint density at radius 1 is 1.25 bits per heavy atom. The van der Waals surface area contributed by atoms with Crippen molar-refractivity contribution in [2.45, 2.75) is 0 Å². The van der Waals surface area contributed by atoms with Crippen LogP contribution < -0.4 is 5.73 Å². The minimum absolute atomic E-state index is 0.522. The third kappa shape index (κ3) is 1.16. The Labute approximate surface area is 69.8 Å². The van der Waals surface area contributed by atoms with Gasteiger partial charge in [0, 0.05) is 5.56 Å². The zero-order valence-electron chi connectivity index (χ0n) is 6.40. The molecule has 3 nitrogen and oxygen atoms in total. The van der Waals surface area contributed by atoms with E-state index in [-0.39, 0.29) is 0 Å². The van der Waals surface area contributed by atoms with Gasteiger partial charge in [-0.15, -0.1) is 0 Å².